The molecule has 9 heteroatoms. The maximum absolute atomic E-state index is 13.4. The quantitative estimate of drug-likeness (QED) is 0.574. The molecule has 33 heavy (non-hydrogen) atoms. The minimum atomic E-state index is -0.922. The molecule has 1 aliphatic carbocycles. The summed E-state index contributed by atoms with van der Waals surface area (Å²) in [5.41, 5.74) is 0. The van der Waals surface area contributed by atoms with Gasteiger partial charge in [-0.25, -0.2) is 0 Å². The van der Waals surface area contributed by atoms with Crippen molar-refractivity contribution < 1.29 is 23.5 Å². The second-order valence-corrected chi connectivity index (χ2v) is 9.60. The average molecular weight is 474 g/mol. The van der Waals surface area contributed by atoms with E-state index in [1.165, 1.54) is 16.2 Å². The van der Waals surface area contributed by atoms with Gasteiger partial charge >= 0.3 is 11.8 Å². The van der Waals surface area contributed by atoms with Gasteiger partial charge in [-0.2, -0.15) is 0 Å². The lowest BCUT2D eigenvalue weighted by Crippen LogP contribution is -2.52. The zero-order chi connectivity index (χ0) is 23.0. The SMILES string of the molecule is O=C(NC1CCCCC1)C(=O)N(C[C@H]1CCCO1)[C@@H](C(=O)NCc1ccco1)c1cccs1. The Balaban J connectivity index is 1.54. The molecule has 0 bridgehead atoms. The highest BCUT2D eigenvalue weighted by Gasteiger charge is 2.38. The van der Waals surface area contributed by atoms with Crippen LogP contribution >= 0.6 is 11.3 Å². The number of ether oxygens (including phenoxy) is 1. The third-order valence-corrected chi connectivity index (χ3v) is 7.13. The molecular formula is C24H31N3O5S. The van der Waals surface area contributed by atoms with Crippen molar-refractivity contribution in [2.24, 2.45) is 0 Å². The van der Waals surface area contributed by atoms with E-state index in [-0.39, 0.29) is 31.1 Å². The molecule has 1 aliphatic heterocycles. The van der Waals surface area contributed by atoms with E-state index in [2.05, 4.69) is 10.6 Å². The van der Waals surface area contributed by atoms with Crippen LogP contribution in [0.15, 0.2) is 40.3 Å². The highest BCUT2D eigenvalue weighted by Crippen LogP contribution is 2.28. The largest absolute Gasteiger partial charge is 0.467 e. The van der Waals surface area contributed by atoms with Gasteiger partial charge in [0.05, 0.1) is 18.9 Å². The average Bonchev–Trinajstić information content (AvgIpc) is 3.62. The molecule has 0 aromatic carbocycles. The number of hydrogen-bond acceptors (Lipinski definition) is 6. The topological polar surface area (TPSA) is 101 Å². The molecule has 178 valence electrons. The van der Waals surface area contributed by atoms with Crippen molar-refractivity contribution in [3.63, 3.8) is 0 Å². The molecule has 2 atom stereocenters. The normalized spacial score (nSPS) is 19.7. The van der Waals surface area contributed by atoms with Crippen LogP contribution in [0.5, 0.6) is 0 Å². The highest BCUT2D eigenvalue weighted by atomic mass is 32.1. The van der Waals surface area contributed by atoms with Crippen molar-refractivity contribution in [3.8, 4) is 0 Å². The van der Waals surface area contributed by atoms with E-state index >= 15 is 0 Å². The number of rotatable bonds is 8. The molecule has 0 unspecified atom stereocenters. The molecule has 2 N–H and O–H groups in total. The first-order valence-corrected chi connectivity index (χ1v) is 12.6. The molecule has 4 rings (SSSR count). The Bertz CT molecular complexity index is 903. The van der Waals surface area contributed by atoms with Crippen molar-refractivity contribution in [2.75, 3.05) is 13.2 Å². The maximum Gasteiger partial charge on any atom is 0.312 e. The highest BCUT2D eigenvalue weighted by molar-refractivity contribution is 7.10. The van der Waals surface area contributed by atoms with Crippen molar-refractivity contribution >= 4 is 29.1 Å². The molecule has 1 saturated heterocycles. The summed E-state index contributed by atoms with van der Waals surface area (Å²) in [5.74, 6) is -1.09. The molecule has 2 fully saturated rings. The van der Waals surface area contributed by atoms with Crippen molar-refractivity contribution in [3.05, 3.63) is 46.5 Å². The van der Waals surface area contributed by atoms with Crippen LogP contribution < -0.4 is 10.6 Å². The Hall–Kier alpha value is -2.65. The van der Waals surface area contributed by atoms with E-state index in [0.717, 1.165) is 44.9 Å². The number of carbonyl (C=O) groups excluding carboxylic acids is 3. The van der Waals surface area contributed by atoms with Gasteiger partial charge in [0.2, 0.25) is 5.91 Å². The monoisotopic (exact) mass is 473 g/mol. The van der Waals surface area contributed by atoms with Crippen LogP contribution in [0.25, 0.3) is 0 Å². The van der Waals surface area contributed by atoms with E-state index in [9.17, 15) is 14.4 Å². The summed E-state index contributed by atoms with van der Waals surface area (Å²) < 4.78 is 11.1. The van der Waals surface area contributed by atoms with Crippen molar-refractivity contribution in [1.82, 2.24) is 15.5 Å². The Morgan fingerprint density at radius 3 is 2.61 bits per heavy atom. The fraction of sp³-hybridized carbons (Fsp3) is 0.542. The van der Waals surface area contributed by atoms with Crippen molar-refractivity contribution in [2.45, 2.75) is 69.7 Å². The van der Waals surface area contributed by atoms with Crippen LogP contribution in [0, 0.1) is 0 Å². The van der Waals surface area contributed by atoms with E-state index in [1.807, 2.05) is 17.5 Å². The van der Waals surface area contributed by atoms with Gasteiger partial charge in [-0.1, -0.05) is 25.3 Å². The van der Waals surface area contributed by atoms with Gasteiger partial charge in [-0.15, -0.1) is 11.3 Å². The van der Waals surface area contributed by atoms with Crippen molar-refractivity contribution in [1.29, 1.82) is 0 Å². The maximum atomic E-state index is 13.4. The van der Waals surface area contributed by atoms with E-state index in [4.69, 9.17) is 9.15 Å². The van der Waals surface area contributed by atoms with Gasteiger partial charge in [0.15, 0.2) is 0 Å². The lowest BCUT2D eigenvalue weighted by molar-refractivity contribution is -0.151. The molecule has 8 nitrogen and oxygen atoms in total. The number of furan rings is 1. The Kier molecular flexibility index (Phi) is 8.17. The van der Waals surface area contributed by atoms with Gasteiger partial charge in [0, 0.05) is 24.1 Å². The fourth-order valence-corrected chi connectivity index (χ4v) is 5.33. The summed E-state index contributed by atoms with van der Waals surface area (Å²) in [6.07, 6.45) is 8.04. The Morgan fingerprint density at radius 1 is 1.09 bits per heavy atom. The predicted octanol–water partition coefficient (Wildman–Crippen LogP) is 3.16. The zero-order valence-electron chi connectivity index (χ0n) is 18.7. The molecular weight excluding hydrogens is 442 g/mol. The van der Waals surface area contributed by atoms with Crippen LogP contribution in [0.1, 0.15) is 61.6 Å². The minimum absolute atomic E-state index is 0.00717. The van der Waals surface area contributed by atoms with Crippen LogP contribution in [0.4, 0.5) is 0 Å². The molecule has 0 spiro atoms. The van der Waals surface area contributed by atoms with Gasteiger partial charge in [-0.3, -0.25) is 14.4 Å². The van der Waals surface area contributed by atoms with Crippen LogP contribution in [-0.4, -0.2) is 47.9 Å². The fourth-order valence-electron chi connectivity index (χ4n) is 4.49. The van der Waals surface area contributed by atoms with Gasteiger partial charge in [-0.05, 0) is 49.3 Å². The molecule has 2 aromatic rings. The second-order valence-electron chi connectivity index (χ2n) is 8.62. The zero-order valence-corrected chi connectivity index (χ0v) is 19.5. The summed E-state index contributed by atoms with van der Waals surface area (Å²) in [4.78, 5) is 41.9. The molecule has 1 saturated carbocycles. The first-order valence-electron chi connectivity index (χ1n) is 11.7. The summed E-state index contributed by atoms with van der Waals surface area (Å²) >= 11 is 1.38. The van der Waals surface area contributed by atoms with Gasteiger partial charge in [0.1, 0.15) is 11.8 Å². The summed E-state index contributed by atoms with van der Waals surface area (Å²) in [5, 5.41) is 7.62. The summed E-state index contributed by atoms with van der Waals surface area (Å²) in [6.45, 7) is 1.01. The number of hydrogen-bond donors (Lipinski definition) is 2. The molecule has 0 radical (unpaired) electrons. The first-order chi connectivity index (χ1) is 16.1. The number of nitrogens with one attached hydrogen (secondary N) is 2. The predicted molar refractivity (Wildman–Crippen MR) is 123 cm³/mol. The van der Waals surface area contributed by atoms with E-state index in [1.54, 1.807) is 18.4 Å². The number of nitrogens with zero attached hydrogens (tertiary/aromatic N) is 1. The Morgan fingerprint density at radius 2 is 1.94 bits per heavy atom. The lowest BCUT2D eigenvalue weighted by atomic mass is 9.95. The summed E-state index contributed by atoms with van der Waals surface area (Å²) in [7, 11) is 0. The smallest absolute Gasteiger partial charge is 0.312 e. The van der Waals surface area contributed by atoms with Crippen LogP contribution in [0.2, 0.25) is 0 Å². The standard InChI is InChI=1S/C24H31N3O5S/c28-22(25-15-18-9-4-12-31-18)21(20-11-6-14-33-20)27(16-19-10-5-13-32-19)24(30)23(29)26-17-7-2-1-3-8-17/h4,6,9,11-12,14,17,19,21H,1-3,5,7-8,10,13,15-16H2,(H,25,28)(H,26,29)/t19-,21-/m1/s1. The summed E-state index contributed by atoms with van der Waals surface area (Å²) in [6, 6.07) is 6.26. The van der Waals surface area contributed by atoms with E-state index < -0.39 is 17.9 Å². The van der Waals surface area contributed by atoms with Crippen LogP contribution in [0.3, 0.4) is 0 Å². The Labute approximate surface area is 197 Å². The molecule has 3 amide bonds. The second kappa shape index (κ2) is 11.5. The van der Waals surface area contributed by atoms with Crippen LogP contribution in [-0.2, 0) is 25.7 Å². The van der Waals surface area contributed by atoms with Gasteiger partial charge < -0.3 is 24.7 Å². The molecule has 2 aliphatic rings. The molecule has 3 heterocycles. The molecule has 2 aromatic heterocycles. The number of amides is 3. The number of carbonyl (C=O) groups is 3. The first kappa shape index (κ1) is 23.5. The van der Waals surface area contributed by atoms with E-state index in [0.29, 0.717) is 17.2 Å². The van der Waals surface area contributed by atoms with Gasteiger partial charge in [0.25, 0.3) is 0 Å². The third kappa shape index (κ3) is 6.23. The lowest BCUT2D eigenvalue weighted by Gasteiger charge is -2.32. The third-order valence-electron chi connectivity index (χ3n) is 6.21. The number of thiophene rings is 1. The minimum Gasteiger partial charge on any atom is -0.467 e.